The maximum Gasteiger partial charge on any atom is 0.410 e. The van der Waals surface area contributed by atoms with Crippen LogP contribution in [0, 0.1) is 11.7 Å². The summed E-state index contributed by atoms with van der Waals surface area (Å²) < 4.78 is 19.1. The molecule has 0 bridgehead atoms. The first-order valence-corrected chi connectivity index (χ1v) is 11.6. The van der Waals surface area contributed by atoms with Gasteiger partial charge in [0.25, 0.3) is 0 Å². The molecule has 2 heterocycles. The molecule has 2 aromatic carbocycles. The van der Waals surface area contributed by atoms with Crippen LogP contribution in [-0.4, -0.2) is 58.7 Å². The molecule has 7 heteroatoms. The van der Waals surface area contributed by atoms with Crippen LogP contribution < -0.4 is 0 Å². The van der Waals surface area contributed by atoms with Gasteiger partial charge >= 0.3 is 12.1 Å². The van der Waals surface area contributed by atoms with E-state index in [1.165, 1.54) is 17.0 Å². The van der Waals surface area contributed by atoms with Crippen LogP contribution in [0.25, 0.3) is 0 Å². The van der Waals surface area contributed by atoms with Gasteiger partial charge in [-0.2, -0.15) is 0 Å². The predicted molar refractivity (Wildman–Crippen MR) is 122 cm³/mol. The lowest BCUT2D eigenvalue weighted by Crippen LogP contribution is -2.60. The van der Waals surface area contributed by atoms with E-state index in [0.29, 0.717) is 18.9 Å². The Bertz CT molecular complexity index is 945. The molecule has 0 aliphatic carbocycles. The monoisotopic (exact) mass is 454 g/mol. The van der Waals surface area contributed by atoms with Crippen molar-refractivity contribution >= 4 is 12.1 Å². The maximum absolute atomic E-state index is 13.6. The second-order valence-corrected chi connectivity index (χ2v) is 9.24. The summed E-state index contributed by atoms with van der Waals surface area (Å²) >= 11 is 0. The van der Waals surface area contributed by atoms with Crippen molar-refractivity contribution < 1.29 is 23.8 Å². The molecule has 33 heavy (non-hydrogen) atoms. The molecule has 0 radical (unpaired) electrons. The zero-order chi connectivity index (χ0) is 23.4. The number of carbonyl (C=O) groups is 2. The van der Waals surface area contributed by atoms with E-state index in [1.807, 2.05) is 30.3 Å². The first kappa shape index (κ1) is 23.2. The van der Waals surface area contributed by atoms with Gasteiger partial charge < -0.3 is 9.84 Å². The molecular formula is C26H31FN2O4. The van der Waals surface area contributed by atoms with E-state index in [2.05, 4.69) is 11.8 Å². The van der Waals surface area contributed by atoms with Crippen LogP contribution in [0.1, 0.15) is 43.2 Å². The summed E-state index contributed by atoms with van der Waals surface area (Å²) in [4.78, 5) is 29.3. The Morgan fingerprint density at radius 2 is 1.73 bits per heavy atom. The fraction of sp³-hybridized carbons (Fsp3) is 0.462. The Morgan fingerprint density at radius 3 is 2.36 bits per heavy atom. The van der Waals surface area contributed by atoms with E-state index in [0.717, 1.165) is 37.1 Å². The number of ether oxygens (including phenoxy) is 1. The third-order valence-electron chi connectivity index (χ3n) is 6.98. The highest BCUT2D eigenvalue weighted by Crippen LogP contribution is 2.36. The van der Waals surface area contributed by atoms with Gasteiger partial charge in [0, 0.05) is 18.5 Å². The van der Waals surface area contributed by atoms with Gasteiger partial charge in [-0.1, -0.05) is 49.4 Å². The third kappa shape index (κ3) is 5.53. The van der Waals surface area contributed by atoms with E-state index in [1.54, 1.807) is 12.1 Å². The molecule has 3 unspecified atom stereocenters. The summed E-state index contributed by atoms with van der Waals surface area (Å²) in [6, 6.07) is 14.2. The fourth-order valence-electron chi connectivity index (χ4n) is 5.04. The van der Waals surface area contributed by atoms with Gasteiger partial charge in [-0.25, -0.2) is 14.0 Å². The van der Waals surface area contributed by atoms with Crippen molar-refractivity contribution in [1.82, 2.24) is 9.80 Å². The van der Waals surface area contributed by atoms with Crippen LogP contribution in [0.15, 0.2) is 54.6 Å². The number of hydrogen-bond donors (Lipinski definition) is 1. The molecule has 2 aliphatic heterocycles. The zero-order valence-corrected chi connectivity index (χ0v) is 18.9. The van der Waals surface area contributed by atoms with E-state index in [9.17, 15) is 19.1 Å². The Labute approximate surface area is 194 Å². The summed E-state index contributed by atoms with van der Waals surface area (Å²) in [5, 5.41) is 10.1. The van der Waals surface area contributed by atoms with Crippen molar-refractivity contribution in [3.8, 4) is 0 Å². The average molecular weight is 455 g/mol. The smallest absolute Gasteiger partial charge is 0.410 e. The molecule has 1 N–H and O–H groups in total. The zero-order valence-electron chi connectivity index (χ0n) is 18.9. The van der Waals surface area contributed by atoms with Crippen molar-refractivity contribution in [2.75, 3.05) is 19.6 Å². The van der Waals surface area contributed by atoms with Gasteiger partial charge in [0.15, 0.2) is 0 Å². The number of benzene rings is 2. The van der Waals surface area contributed by atoms with Crippen molar-refractivity contribution in [2.24, 2.45) is 5.92 Å². The molecule has 4 rings (SSSR count). The standard InChI is InChI=1S/C26H31FN2O4/c1-18-11-13-28(14-12-18)22-15-23(20-7-9-21(27)10-8-20)24(25(30)31)29(16-22)26(32)33-17-19-5-3-2-4-6-19/h2-10,18,22-24H,11-17H2,1H3,(H,30,31). The SMILES string of the molecule is CC1CCN(C2CC(c3ccc(F)cc3)C(C(=O)O)N(C(=O)OCc3ccccc3)C2)CC1. The molecule has 176 valence electrons. The number of carboxylic acids is 1. The summed E-state index contributed by atoms with van der Waals surface area (Å²) in [5.41, 5.74) is 1.56. The highest BCUT2D eigenvalue weighted by molar-refractivity contribution is 5.81. The Kier molecular flexibility index (Phi) is 7.28. The van der Waals surface area contributed by atoms with E-state index in [4.69, 9.17) is 4.74 Å². The number of likely N-dealkylation sites (tertiary alicyclic amines) is 2. The third-order valence-corrected chi connectivity index (χ3v) is 6.98. The van der Waals surface area contributed by atoms with Gasteiger partial charge in [0.2, 0.25) is 0 Å². The van der Waals surface area contributed by atoms with E-state index in [-0.39, 0.29) is 18.5 Å². The number of carbonyl (C=O) groups excluding carboxylic acids is 1. The maximum atomic E-state index is 13.6. The molecule has 0 spiro atoms. The second-order valence-electron chi connectivity index (χ2n) is 9.24. The van der Waals surface area contributed by atoms with Crippen molar-refractivity contribution in [1.29, 1.82) is 0 Å². The lowest BCUT2D eigenvalue weighted by Gasteiger charge is -2.47. The van der Waals surface area contributed by atoms with Crippen LogP contribution >= 0.6 is 0 Å². The van der Waals surface area contributed by atoms with Gasteiger partial charge in [-0.05, 0) is 61.5 Å². The molecule has 0 aromatic heterocycles. The van der Waals surface area contributed by atoms with Crippen molar-refractivity contribution in [3.63, 3.8) is 0 Å². The predicted octanol–water partition coefficient (Wildman–Crippen LogP) is 4.51. The largest absolute Gasteiger partial charge is 0.480 e. The van der Waals surface area contributed by atoms with Gasteiger partial charge in [-0.3, -0.25) is 9.80 Å². The van der Waals surface area contributed by atoms with Crippen molar-refractivity contribution in [3.05, 3.63) is 71.5 Å². The van der Waals surface area contributed by atoms with Crippen LogP contribution in [0.3, 0.4) is 0 Å². The summed E-state index contributed by atoms with van der Waals surface area (Å²) in [5.74, 6) is -1.24. The van der Waals surface area contributed by atoms with Crippen LogP contribution in [-0.2, 0) is 16.1 Å². The minimum atomic E-state index is -1.08. The van der Waals surface area contributed by atoms with Crippen LogP contribution in [0.2, 0.25) is 0 Å². The number of rotatable bonds is 5. The lowest BCUT2D eigenvalue weighted by atomic mass is 9.80. The summed E-state index contributed by atoms with van der Waals surface area (Å²) in [7, 11) is 0. The Hall–Kier alpha value is -2.93. The number of halogens is 1. The first-order chi connectivity index (χ1) is 15.9. The number of hydrogen-bond acceptors (Lipinski definition) is 4. The molecule has 2 saturated heterocycles. The fourth-order valence-corrected chi connectivity index (χ4v) is 5.04. The van der Waals surface area contributed by atoms with Gasteiger partial charge in [0.05, 0.1) is 0 Å². The minimum absolute atomic E-state index is 0.0208. The highest BCUT2D eigenvalue weighted by atomic mass is 19.1. The molecule has 0 saturated carbocycles. The normalized spacial score (nSPS) is 24.4. The second kappa shape index (κ2) is 10.3. The van der Waals surface area contributed by atoms with Gasteiger partial charge in [-0.15, -0.1) is 0 Å². The molecule has 2 aromatic rings. The highest BCUT2D eigenvalue weighted by Gasteiger charge is 2.46. The van der Waals surface area contributed by atoms with E-state index >= 15 is 0 Å². The lowest BCUT2D eigenvalue weighted by molar-refractivity contribution is -0.145. The molecular weight excluding hydrogens is 423 g/mol. The number of amides is 1. The number of aliphatic carboxylic acids is 1. The first-order valence-electron chi connectivity index (χ1n) is 11.6. The number of piperidine rings is 2. The molecule has 3 atom stereocenters. The summed E-state index contributed by atoms with van der Waals surface area (Å²) in [6.45, 7) is 4.47. The van der Waals surface area contributed by atoms with Crippen LogP contribution in [0.4, 0.5) is 9.18 Å². The number of nitrogens with zero attached hydrogens (tertiary/aromatic N) is 2. The molecule has 2 aliphatic rings. The Balaban J connectivity index is 1.59. The van der Waals surface area contributed by atoms with Crippen molar-refractivity contribution in [2.45, 2.75) is 50.8 Å². The number of carboxylic acid groups (broad SMARTS) is 1. The molecule has 2 fully saturated rings. The quantitative estimate of drug-likeness (QED) is 0.720. The topological polar surface area (TPSA) is 70.1 Å². The molecule has 1 amide bonds. The van der Waals surface area contributed by atoms with E-state index < -0.39 is 24.0 Å². The Morgan fingerprint density at radius 1 is 1.06 bits per heavy atom. The average Bonchev–Trinajstić information content (AvgIpc) is 2.83. The van der Waals surface area contributed by atoms with Crippen LogP contribution in [0.5, 0.6) is 0 Å². The van der Waals surface area contributed by atoms with Gasteiger partial charge in [0.1, 0.15) is 18.5 Å². The summed E-state index contributed by atoms with van der Waals surface area (Å²) in [6.07, 6.45) is 2.13. The minimum Gasteiger partial charge on any atom is -0.480 e. The molecule has 6 nitrogen and oxygen atoms in total.